The average molecular weight is 166 g/mol. The van der Waals surface area contributed by atoms with Gasteiger partial charge in [0.1, 0.15) is 0 Å². The lowest BCUT2D eigenvalue weighted by atomic mass is 10.1. The van der Waals surface area contributed by atoms with Gasteiger partial charge in [0.25, 0.3) is 0 Å². The van der Waals surface area contributed by atoms with Gasteiger partial charge in [-0.15, -0.1) is 4.41 Å². The van der Waals surface area contributed by atoms with Crippen LogP contribution in [-0.2, 0) is 10.0 Å². The highest BCUT2D eigenvalue weighted by Gasteiger charge is 2.25. The summed E-state index contributed by atoms with van der Waals surface area (Å²) in [5.74, 6) is 5.27. The van der Waals surface area contributed by atoms with E-state index >= 15 is 0 Å². The molecule has 4 nitrogen and oxygen atoms in total. The second-order valence-corrected chi connectivity index (χ2v) is 5.09. The minimum absolute atomic E-state index is 0.534. The van der Waals surface area contributed by atoms with Crippen molar-refractivity contribution in [2.75, 3.05) is 6.26 Å². The largest absolute Gasteiger partial charge is 0.255 e. The Balaban J connectivity index is 4.56. The van der Waals surface area contributed by atoms with Crippen LogP contribution in [0.25, 0.3) is 0 Å². The Labute approximate surface area is 62.0 Å². The Kier molecular flexibility index (Phi) is 2.45. The van der Waals surface area contributed by atoms with Crippen LogP contribution in [0.3, 0.4) is 0 Å². The van der Waals surface area contributed by atoms with Gasteiger partial charge in [0.05, 0.1) is 6.26 Å². The number of hydrogen-bond acceptors (Lipinski definition) is 3. The molecule has 62 valence electrons. The molecule has 0 unspecified atom stereocenters. The Bertz CT molecular complexity index is 202. The number of hydrazine groups is 1. The first-order valence-corrected chi connectivity index (χ1v) is 4.75. The zero-order valence-corrected chi connectivity index (χ0v) is 7.57. The summed E-state index contributed by atoms with van der Waals surface area (Å²) in [6, 6.07) is 0. The molecule has 0 aromatic heterocycles. The third-order valence-corrected chi connectivity index (χ3v) is 2.28. The van der Waals surface area contributed by atoms with Gasteiger partial charge in [-0.3, -0.25) is 5.84 Å². The Morgan fingerprint density at radius 2 is 1.60 bits per heavy atom. The van der Waals surface area contributed by atoms with E-state index in [2.05, 4.69) is 0 Å². The maximum Gasteiger partial charge on any atom is 0.224 e. The highest BCUT2D eigenvalue weighted by atomic mass is 32.2. The number of hydrogen-bond donors (Lipinski definition) is 1. The molecule has 0 aliphatic heterocycles. The van der Waals surface area contributed by atoms with Crippen LogP contribution in [0.4, 0.5) is 0 Å². The highest BCUT2D eigenvalue weighted by molar-refractivity contribution is 7.88. The van der Waals surface area contributed by atoms with Gasteiger partial charge in [0.2, 0.25) is 10.0 Å². The van der Waals surface area contributed by atoms with Crippen LogP contribution in [0.2, 0.25) is 0 Å². The normalized spacial score (nSPS) is 14.2. The second kappa shape index (κ2) is 2.48. The summed E-state index contributed by atoms with van der Waals surface area (Å²) in [5.41, 5.74) is -0.534. The van der Waals surface area contributed by atoms with Crippen LogP contribution in [-0.4, -0.2) is 24.6 Å². The third-order valence-electron chi connectivity index (χ3n) is 1.02. The van der Waals surface area contributed by atoms with E-state index in [9.17, 15) is 8.42 Å². The van der Waals surface area contributed by atoms with Crippen molar-refractivity contribution in [1.29, 1.82) is 0 Å². The fraction of sp³-hybridized carbons (Fsp3) is 1.00. The van der Waals surface area contributed by atoms with Crippen LogP contribution in [0.5, 0.6) is 0 Å². The number of nitrogens with zero attached hydrogens (tertiary/aromatic N) is 1. The predicted octanol–water partition coefficient (Wildman–Crippen LogP) is -0.0798. The van der Waals surface area contributed by atoms with Crippen molar-refractivity contribution in [2.45, 2.75) is 26.3 Å². The molecule has 0 bridgehead atoms. The standard InChI is InChI=1S/C5H14N2O2S/c1-5(2,3)7(6)10(4,8)9/h6H2,1-4H3. The molecule has 0 aromatic carbocycles. The zero-order valence-electron chi connectivity index (χ0n) is 6.75. The van der Waals surface area contributed by atoms with Gasteiger partial charge in [-0.25, -0.2) is 8.42 Å². The molecule has 0 spiro atoms. The summed E-state index contributed by atoms with van der Waals surface area (Å²) < 4.78 is 22.4. The molecule has 0 aliphatic rings. The van der Waals surface area contributed by atoms with Crippen molar-refractivity contribution in [2.24, 2.45) is 5.84 Å². The summed E-state index contributed by atoms with van der Waals surface area (Å²) in [6.45, 7) is 5.19. The zero-order chi connectivity index (χ0) is 8.58. The van der Waals surface area contributed by atoms with Gasteiger partial charge in [-0.05, 0) is 20.8 Å². The lowest BCUT2D eigenvalue weighted by Crippen LogP contribution is -2.49. The Morgan fingerprint density at radius 1 is 1.30 bits per heavy atom. The minimum Gasteiger partial charge on any atom is -0.255 e. The van der Waals surface area contributed by atoms with E-state index in [-0.39, 0.29) is 0 Å². The number of rotatable bonds is 1. The van der Waals surface area contributed by atoms with Crippen molar-refractivity contribution < 1.29 is 8.42 Å². The maximum atomic E-state index is 10.8. The molecule has 0 saturated heterocycles. The maximum absolute atomic E-state index is 10.8. The van der Waals surface area contributed by atoms with E-state index in [4.69, 9.17) is 5.84 Å². The molecule has 0 atom stereocenters. The highest BCUT2D eigenvalue weighted by Crippen LogP contribution is 2.10. The summed E-state index contributed by atoms with van der Waals surface area (Å²) in [7, 11) is -3.25. The first kappa shape index (κ1) is 9.87. The minimum atomic E-state index is -3.25. The van der Waals surface area contributed by atoms with E-state index in [1.54, 1.807) is 20.8 Å². The van der Waals surface area contributed by atoms with E-state index in [1.807, 2.05) is 0 Å². The molecule has 2 N–H and O–H groups in total. The van der Waals surface area contributed by atoms with Gasteiger partial charge in [0, 0.05) is 5.54 Å². The monoisotopic (exact) mass is 166 g/mol. The molecule has 0 fully saturated rings. The molecule has 0 aromatic rings. The van der Waals surface area contributed by atoms with Crippen molar-refractivity contribution in [3.63, 3.8) is 0 Å². The van der Waals surface area contributed by atoms with Crippen molar-refractivity contribution in [3.05, 3.63) is 0 Å². The molecule has 0 saturated carbocycles. The molecule has 0 amide bonds. The van der Waals surface area contributed by atoms with Crippen LogP contribution in [0, 0.1) is 0 Å². The van der Waals surface area contributed by atoms with Gasteiger partial charge < -0.3 is 0 Å². The van der Waals surface area contributed by atoms with E-state index in [0.717, 1.165) is 10.7 Å². The van der Waals surface area contributed by atoms with Crippen molar-refractivity contribution in [1.82, 2.24) is 4.41 Å². The van der Waals surface area contributed by atoms with Gasteiger partial charge in [0.15, 0.2) is 0 Å². The average Bonchev–Trinajstić information content (AvgIpc) is 1.59. The molecule has 0 rings (SSSR count). The number of sulfonamides is 1. The first-order chi connectivity index (χ1) is 4.15. The quantitative estimate of drug-likeness (QED) is 0.438. The third kappa shape index (κ3) is 2.64. The van der Waals surface area contributed by atoms with Gasteiger partial charge in [-0.1, -0.05) is 0 Å². The summed E-state index contributed by atoms with van der Waals surface area (Å²) in [4.78, 5) is 0. The topological polar surface area (TPSA) is 63.4 Å². The molecule has 0 heterocycles. The second-order valence-electron chi connectivity index (χ2n) is 3.23. The molecule has 0 radical (unpaired) electrons. The van der Waals surface area contributed by atoms with Crippen molar-refractivity contribution in [3.8, 4) is 0 Å². The molecule has 10 heavy (non-hydrogen) atoms. The lowest BCUT2D eigenvalue weighted by molar-refractivity contribution is 0.257. The summed E-state index contributed by atoms with van der Waals surface area (Å²) >= 11 is 0. The summed E-state index contributed by atoms with van der Waals surface area (Å²) in [6.07, 6.45) is 1.08. The molecule has 0 aliphatic carbocycles. The SMILES string of the molecule is CC(C)(C)N(N)S(C)(=O)=O. The lowest BCUT2D eigenvalue weighted by Gasteiger charge is -2.28. The molecule has 5 heteroatoms. The number of nitrogens with two attached hydrogens (primary N) is 1. The van der Waals surface area contributed by atoms with Crippen LogP contribution in [0.1, 0.15) is 20.8 Å². The fourth-order valence-electron chi connectivity index (χ4n) is 0.497. The molecular weight excluding hydrogens is 152 g/mol. The van der Waals surface area contributed by atoms with Gasteiger partial charge >= 0.3 is 0 Å². The Hall–Kier alpha value is -0.130. The first-order valence-electron chi connectivity index (χ1n) is 2.91. The van der Waals surface area contributed by atoms with Crippen LogP contribution in [0.15, 0.2) is 0 Å². The van der Waals surface area contributed by atoms with E-state index in [0.29, 0.717) is 0 Å². The summed E-state index contributed by atoms with van der Waals surface area (Å²) in [5, 5.41) is 0. The van der Waals surface area contributed by atoms with Crippen molar-refractivity contribution >= 4 is 10.0 Å². The van der Waals surface area contributed by atoms with Crippen LogP contribution < -0.4 is 5.84 Å². The smallest absolute Gasteiger partial charge is 0.224 e. The van der Waals surface area contributed by atoms with E-state index in [1.165, 1.54) is 0 Å². The fourth-order valence-corrected chi connectivity index (χ4v) is 1.49. The van der Waals surface area contributed by atoms with E-state index < -0.39 is 15.6 Å². The predicted molar refractivity (Wildman–Crippen MR) is 40.6 cm³/mol. The van der Waals surface area contributed by atoms with Crippen LogP contribution >= 0.6 is 0 Å². The van der Waals surface area contributed by atoms with Gasteiger partial charge in [-0.2, -0.15) is 0 Å². The molecular formula is C5H14N2O2S. The Morgan fingerprint density at radius 3 is 1.60 bits per heavy atom.